The van der Waals surface area contributed by atoms with Crippen molar-refractivity contribution < 1.29 is 0 Å². The second-order valence-electron chi connectivity index (χ2n) is 15.4. The van der Waals surface area contributed by atoms with Gasteiger partial charge in [0.15, 0.2) is 0 Å². The van der Waals surface area contributed by atoms with E-state index in [2.05, 4.69) is 185 Å². The fraction of sp³-hybridized carbons (Fsp3) is 0.120. The zero-order valence-electron chi connectivity index (χ0n) is 29.0. The zero-order valence-corrected chi connectivity index (χ0v) is 29.0. The molecule has 0 aliphatic heterocycles. The maximum atomic E-state index is 2.51. The quantitative estimate of drug-likeness (QED) is 0.181. The Morgan fingerprint density at radius 2 is 0.840 bits per heavy atom. The smallest absolute Gasteiger partial charge is 0.0159 e. The molecule has 0 nitrogen and oxygen atoms in total. The van der Waals surface area contributed by atoms with Crippen molar-refractivity contribution in [1.82, 2.24) is 0 Å². The van der Waals surface area contributed by atoms with Crippen LogP contribution in [0, 0.1) is 0 Å². The Kier molecular flexibility index (Phi) is 6.07. The summed E-state index contributed by atoms with van der Waals surface area (Å²) in [6, 6.07) is 59.2. The molecule has 0 heterocycles. The third-order valence-electron chi connectivity index (χ3n) is 11.8. The topological polar surface area (TPSA) is 0 Å². The Morgan fingerprint density at radius 1 is 0.280 bits per heavy atom. The van der Waals surface area contributed by atoms with Gasteiger partial charge in [-0.1, -0.05) is 143 Å². The molecule has 0 aromatic heterocycles. The Balaban J connectivity index is 1.11. The van der Waals surface area contributed by atoms with Crippen LogP contribution in [0.4, 0.5) is 0 Å². The Hall–Kier alpha value is -5.72. The van der Waals surface area contributed by atoms with Crippen LogP contribution in [-0.4, -0.2) is 0 Å². The Bertz CT molecular complexity index is 2690. The van der Waals surface area contributed by atoms with Crippen LogP contribution < -0.4 is 0 Å². The minimum Gasteiger partial charge on any atom is -0.0622 e. The Labute approximate surface area is 294 Å². The monoisotopic (exact) mass is 638 g/mol. The average Bonchev–Trinajstić information content (AvgIpc) is 3.52. The largest absolute Gasteiger partial charge is 0.0622 e. The first kappa shape index (κ1) is 29.2. The van der Waals surface area contributed by atoms with Gasteiger partial charge in [-0.15, -0.1) is 0 Å². The highest BCUT2D eigenvalue weighted by Crippen LogP contribution is 2.56. The van der Waals surface area contributed by atoms with Crippen LogP contribution in [0.25, 0.3) is 77.2 Å². The SMILES string of the molecule is CC1(C)c2ccccc2-c2cc3c(cc21)-c1ccc(-c2cc(-c4ccc5ccc(-c6ccccc6)cc5c4)cc4ccccc24)cc1C3(C)C. The van der Waals surface area contributed by atoms with Crippen molar-refractivity contribution in [2.45, 2.75) is 38.5 Å². The fourth-order valence-corrected chi connectivity index (χ4v) is 9.05. The van der Waals surface area contributed by atoms with Gasteiger partial charge in [0.05, 0.1) is 0 Å². The first-order chi connectivity index (χ1) is 24.3. The molecule has 0 saturated heterocycles. The van der Waals surface area contributed by atoms with Crippen LogP contribution in [0.1, 0.15) is 49.9 Å². The molecule has 0 saturated carbocycles. The molecule has 50 heavy (non-hydrogen) atoms. The lowest BCUT2D eigenvalue weighted by molar-refractivity contribution is 0.652. The molecule has 2 aliphatic carbocycles. The summed E-state index contributed by atoms with van der Waals surface area (Å²) in [6.45, 7) is 9.58. The highest BCUT2D eigenvalue weighted by Gasteiger charge is 2.41. The highest BCUT2D eigenvalue weighted by atomic mass is 14.4. The summed E-state index contributed by atoms with van der Waals surface area (Å²) in [5, 5.41) is 5.06. The van der Waals surface area contributed by atoms with Crippen LogP contribution in [0.3, 0.4) is 0 Å². The third kappa shape index (κ3) is 4.18. The molecule has 238 valence electrons. The molecule has 2 aliphatic rings. The molecule has 0 bridgehead atoms. The first-order valence-corrected chi connectivity index (χ1v) is 17.8. The normalized spacial score (nSPS) is 14.7. The van der Waals surface area contributed by atoms with E-state index in [1.807, 2.05) is 0 Å². The molecule has 0 unspecified atom stereocenters. The van der Waals surface area contributed by atoms with E-state index in [1.54, 1.807) is 0 Å². The van der Waals surface area contributed by atoms with Gasteiger partial charge in [0.2, 0.25) is 0 Å². The predicted molar refractivity (Wildman–Crippen MR) is 213 cm³/mol. The van der Waals surface area contributed by atoms with Crippen molar-refractivity contribution in [3.8, 4) is 55.6 Å². The minimum absolute atomic E-state index is 0.0149. The molecule has 0 spiro atoms. The molecule has 0 amide bonds. The van der Waals surface area contributed by atoms with Crippen molar-refractivity contribution in [1.29, 1.82) is 0 Å². The zero-order chi connectivity index (χ0) is 33.8. The van der Waals surface area contributed by atoms with Gasteiger partial charge in [-0.3, -0.25) is 0 Å². The number of rotatable bonds is 3. The van der Waals surface area contributed by atoms with Gasteiger partial charge in [-0.2, -0.15) is 0 Å². The summed E-state index contributed by atoms with van der Waals surface area (Å²) in [5.74, 6) is 0. The van der Waals surface area contributed by atoms with E-state index in [1.165, 1.54) is 99.4 Å². The van der Waals surface area contributed by atoms with E-state index in [0.29, 0.717) is 0 Å². The van der Waals surface area contributed by atoms with Gasteiger partial charge in [-0.05, 0) is 142 Å². The van der Waals surface area contributed by atoms with E-state index in [0.717, 1.165) is 0 Å². The van der Waals surface area contributed by atoms with Crippen LogP contribution in [-0.2, 0) is 10.8 Å². The summed E-state index contributed by atoms with van der Waals surface area (Å²) >= 11 is 0. The van der Waals surface area contributed by atoms with Gasteiger partial charge < -0.3 is 0 Å². The predicted octanol–water partition coefficient (Wildman–Crippen LogP) is 13.6. The van der Waals surface area contributed by atoms with Crippen molar-refractivity contribution >= 4 is 21.5 Å². The fourth-order valence-electron chi connectivity index (χ4n) is 9.05. The van der Waals surface area contributed by atoms with Gasteiger partial charge in [-0.25, -0.2) is 0 Å². The van der Waals surface area contributed by atoms with Crippen LogP contribution >= 0.6 is 0 Å². The number of hydrogen-bond acceptors (Lipinski definition) is 0. The van der Waals surface area contributed by atoms with Crippen LogP contribution in [0.2, 0.25) is 0 Å². The number of fused-ring (bicyclic) bond motifs is 8. The highest BCUT2D eigenvalue weighted by molar-refractivity contribution is 6.02. The maximum absolute atomic E-state index is 2.51. The Morgan fingerprint density at radius 3 is 1.60 bits per heavy atom. The van der Waals surface area contributed by atoms with Crippen molar-refractivity contribution in [3.63, 3.8) is 0 Å². The van der Waals surface area contributed by atoms with Gasteiger partial charge in [0, 0.05) is 10.8 Å². The van der Waals surface area contributed by atoms with Crippen molar-refractivity contribution in [2.75, 3.05) is 0 Å². The lowest BCUT2D eigenvalue weighted by Gasteiger charge is -2.24. The summed E-state index contributed by atoms with van der Waals surface area (Å²) < 4.78 is 0. The molecular weight excluding hydrogens is 601 g/mol. The molecule has 8 aromatic rings. The molecule has 10 rings (SSSR count). The number of hydrogen-bond donors (Lipinski definition) is 0. The van der Waals surface area contributed by atoms with E-state index in [4.69, 9.17) is 0 Å². The second kappa shape index (κ2) is 10.4. The average molecular weight is 639 g/mol. The van der Waals surface area contributed by atoms with Crippen LogP contribution in [0.5, 0.6) is 0 Å². The molecule has 0 fully saturated rings. The van der Waals surface area contributed by atoms with E-state index >= 15 is 0 Å². The van der Waals surface area contributed by atoms with Gasteiger partial charge in [0.25, 0.3) is 0 Å². The first-order valence-electron chi connectivity index (χ1n) is 17.8. The second-order valence-corrected chi connectivity index (χ2v) is 15.4. The van der Waals surface area contributed by atoms with E-state index in [9.17, 15) is 0 Å². The van der Waals surface area contributed by atoms with Crippen LogP contribution in [0.15, 0.2) is 158 Å². The lowest BCUT2D eigenvalue weighted by Crippen LogP contribution is -2.17. The van der Waals surface area contributed by atoms with Crippen molar-refractivity contribution in [2.24, 2.45) is 0 Å². The summed E-state index contributed by atoms with van der Waals surface area (Å²) in [4.78, 5) is 0. The van der Waals surface area contributed by atoms with Gasteiger partial charge >= 0.3 is 0 Å². The molecule has 0 radical (unpaired) electrons. The third-order valence-corrected chi connectivity index (χ3v) is 11.8. The van der Waals surface area contributed by atoms with E-state index in [-0.39, 0.29) is 10.8 Å². The lowest BCUT2D eigenvalue weighted by atomic mass is 9.79. The molecule has 0 atom stereocenters. The molecule has 8 aromatic carbocycles. The summed E-state index contributed by atoms with van der Waals surface area (Å²) in [6.07, 6.45) is 0. The summed E-state index contributed by atoms with van der Waals surface area (Å²) in [7, 11) is 0. The van der Waals surface area contributed by atoms with E-state index < -0.39 is 0 Å². The molecular formula is C50H38. The van der Waals surface area contributed by atoms with Crippen molar-refractivity contribution in [3.05, 3.63) is 180 Å². The van der Waals surface area contributed by atoms with Gasteiger partial charge in [0.1, 0.15) is 0 Å². The molecule has 0 N–H and O–H groups in total. The minimum atomic E-state index is -0.112. The molecule has 0 heteroatoms. The standard InChI is InChI=1S/C50H38/c1-49(2)45-17-11-10-16-40(45)43-29-48-44(30-47(43)49)41-23-22-36(28-46(41)50(48,3)4)42-27-38(26-35-14-8-9-15-39(35)42)34-21-19-32-18-20-33(24-37(32)25-34)31-12-6-5-7-13-31/h5-30H,1-4H3. The summed E-state index contributed by atoms with van der Waals surface area (Å²) in [5.41, 5.74) is 18.6. The number of benzene rings is 8. The maximum Gasteiger partial charge on any atom is 0.0159 e.